The molecular formula is C19H29N5O2. The summed E-state index contributed by atoms with van der Waals surface area (Å²) in [6.45, 7) is 6.07. The molecule has 0 bridgehead atoms. The Hall–Kier alpha value is -1.99. The van der Waals surface area contributed by atoms with Gasteiger partial charge >= 0.3 is 0 Å². The van der Waals surface area contributed by atoms with E-state index in [1.165, 1.54) is 38.8 Å². The summed E-state index contributed by atoms with van der Waals surface area (Å²) in [7, 11) is 0. The molecule has 1 aromatic carbocycles. The number of aliphatic imine (C=N–C) groups is 1. The number of anilines is 1. The maximum absolute atomic E-state index is 5.68. The van der Waals surface area contributed by atoms with Crippen molar-refractivity contribution < 1.29 is 9.47 Å². The van der Waals surface area contributed by atoms with Crippen LogP contribution in [0.5, 0.6) is 11.5 Å². The van der Waals surface area contributed by atoms with Crippen molar-refractivity contribution in [2.45, 2.75) is 31.7 Å². The number of ether oxygens (including phenoxy) is 2. The molecule has 26 heavy (non-hydrogen) atoms. The number of fused-ring (bicyclic) bond motifs is 1. The molecule has 3 aliphatic heterocycles. The van der Waals surface area contributed by atoms with Gasteiger partial charge in [0.2, 0.25) is 6.79 Å². The summed E-state index contributed by atoms with van der Waals surface area (Å²) in [4.78, 5) is 9.72. The van der Waals surface area contributed by atoms with Gasteiger partial charge in [-0.15, -0.1) is 0 Å². The number of piperidine rings is 1. The second-order valence-corrected chi connectivity index (χ2v) is 7.15. The first-order valence-corrected chi connectivity index (χ1v) is 9.73. The lowest BCUT2D eigenvalue weighted by Crippen LogP contribution is -2.48. The number of benzene rings is 1. The first-order valence-electron chi connectivity index (χ1n) is 9.73. The molecule has 3 aliphatic rings. The molecule has 0 atom stereocenters. The lowest BCUT2D eigenvalue weighted by atomic mass is 10.0. The third kappa shape index (κ3) is 3.88. The first-order chi connectivity index (χ1) is 12.8. The number of nitrogens with two attached hydrogens (primary N) is 1. The Bertz CT molecular complexity index is 637. The fourth-order valence-corrected chi connectivity index (χ4v) is 4.04. The standard InChI is InChI=1S/C19H29N5O2/c20-7-8-21-19(22-15-3-4-17-18(13-15)26-14-25-17)24-11-5-16(6-12-24)23-9-1-2-10-23/h3-4,13,16H,1-2,5-12,14,20H2,(H,21,22). The molecule has 0 radical (unpaired) electrons. The third-order valence-corrected chi connectivity index (χ3v) is 5.44. The van der Waals surface area contributed by atoms with Gasteiger partial charge in [-0.05, 0) is 50.9 Å². The third-order valence-electron chi connectivity index (χ3n) is 5.44. The van der Waals surface area contributed by atoms with Crippen molar-refractivity contribution in [2.24, 2.45) is 10.7 Å². The summed E-state index contributed by atoms with van der Waals surface area (Å²) in [6, 6.07) is 6.64. The van der Waals surface area contributed by atoms with E-state index in [9.17, 15) is 0 Å². The zero-order chi connectivity index (χ0) is 17.8. The maximum atomic E-state index is 5.68. The summed E-state index contributed by atoms with van der Waals surface area (Å²) >= 11 is 0. The largest absolute Gasteiger partial charge is 0.454 e. The molecule has 0 saturated carbocycles. The average molecular weight is 359 g/mol. The van der Waals surface area contributed by atoms with Crippen molar-refractivity contribution in [2.75, 3.05) is 51.4 Å². The second kappa shape index (κ2) is 8.14. The van der Waals surface area contributed by atoms with Crippen LogP contribution in [0.25, 0.3) is 0 Å². The van der Waals surface area contributed by atoms with Gasteiger partial charge in [0.1, 0.15) is 0 Å². The van der Waals surface area contributed by atoms with Crippen molar-refractivity contribution in [1.29, 1.82) is 0 Å². The van der Waals surface area contributed by atoms with Crippen LogP contribution in [0.1, 0.15) is 25.7 Å². The molecule has 0 spiro atoms. The van der Waals surface area contributed by atoms with Gasteiger partial charge in [-0.3, -0.25) is 4.99 Å². The highest BCUT2D eigenvalue weighted by atomic mass is 16.7. The zero-order valence-electron chi connectivity index (χ0n) is 15.3. The molecule has 0 aliphatic carbocycles. The Kier molecular flexibility index (Phi) is 5.45. The van der Waals surface area contributed by atoms with Crippen LogP contribution in [0.4, 0.5) is 5.69 Å². The molecule has 3 heterocycles. The Morgan fingerprint density at radius 3 is 2.65 bits per heavy atom. The van der Waals surface area contributed by atoms with Crippen molar-refractivity contribution in [3.05, 3.63) is 18.2 Å². The molecule has 0 unspecified atom stereocenters. The minimum atomic E-state index is 0.289. The Labute approximate surface area is 155 Å². The molecule has 1 aromatic rings. The Morgan fingerprint density at radius 2 is 1.88 bits per heavy atom. The fourth-order valence-electron chi connectivity index (χ4n) is 4.04. The van der Waals surface area contributed by atoms with Gasteiger partial charge in [0, 0.05) is 37.4 Å². The monoisotopic (exact) mass is 359 g/mol. The SMILES string of the molecule is NCCN=C(Nc1ccc2c(c1)OCO2)N1CCC(N2CCCC2)CC1. The predicted octanol–water partition coefficient (Wildman–Crippen LogP) is 1.70. The van der Waals surface area contributed by atoms with E-state index in [4.69, 9.17) is 20.2 Å². The van der Waals surface area contributed by atoms with Crippen LogP contribution in [0.15, 0.2) is 23.2 Å². The van der Waals surface area contributed by atoms with Gasteiger partial charge in [0.05, 0.1) is 6.54 Å². The number of guanidine groups is 1. The highest BCUT2D eigenvalue weighted by Gasteiger charge is 2.27. The fraction of sp³-hybridized carbons (Fsp3) is 0.632. The quantitative estimate of drug-likeness (QED) is 0.630. The van der Waals surface area contributed by atoms with E-state index in [1.807, 2.05) is 18.2 Å². The number of nitrogens with zero attached hydrogens (tertiary/aromatic N) is 3. The summed E-state index contributed by atoms with van der Waals surface area (Å²) in [5.74, 6) is 2.48. The molecule has 0 amide bonds. The maximum Gasteiger partial charge on any atom is 0.231 e. The van der Waals surface area contributed by atoms with Gasteiger partial charge in [-0.2, -0.15) is 0 Å². The molecule has 7 heteroatoms. The first kappa shape index (κ1) is 17.4. The van der Waals surface area contributed by atoms with Crippen molar-refractivity contribution in [1.82, 2.24) is 9.80 Å². The lowest BCUT2D eigenvalue weighted by Gasteiger charge is -2.38. The summed E-state index contributed by atoms with van der Waals surface area (Å²) in [5, 5.41) is 3.47. The second-order valence-electron chi connectivity index (χ2n) is 7.15. The number of rotatable bonds is 4. The summed E-state index contributed by atoms with van der Waals surface area (Å²) < 4.78 is 10.9. The molecule has 7 nitrogen and oxygen atoms in total. The number of hydrogen-bond donors (Lipinski definition) is 2. The van der Waals surface area contributed by atoms with Crippen LogP contribution in [0.2, 0.25) is 0 Å². The topological polar surface area (TPSA) is 75.3 Å². The van der Waals surface area contributed by atoms with Gasteiger partial charge in [0.25, 0.3) is 0 Å². The van der Waals surface area contributed by atoms with Crippen LogP contribution in [-0.4, -0.2) is 67.9 Å². The highest BCUT2D eigenvalue weighted by molar-refractivity contribution is 5.94. The van der Waals surface area contributed by atoms with Gasteiger partial charge in [0.15, 0.2) is 17.5 Å². The molecule has 3 N–H and O–H groups in total. The number of likely N-dealkylation sites (tertiary alicyclic amines) is 2. The van der Waals surface area contributed by atoms with E-state index in [1.54, 1.807) is 0 Å². The van der Waals surface area contributed by atoms with Crippen LogP contribution in [-0.2, 0) is 0 Å². The Balaban J connectivity index is 1.40. The minimum absolute atomic E-state index is 0.289. The smallest absolute Gasteiger partial charge is 0.231 e. The van der Waals surface area contributed by atoms with Crippen LogP contribution >= 0.6 is 0 Å². The van der Waals surface area contributed by atoms with Crippen LogP contribution < -0.4 is 20.5 Å². The molecular weight excluding hydrogens is 330 g/mol. The average Bonchev–Trinajstić information content (AvgIpc) is 3.36. The van der Waals surface area contributed by atoms with E-state index in [-0.39, 0.29) is 6.79 Å². The van der Waals surface area contributed by atoms with Gasteiger partial charge in [-0.25, -0.2) is 0 Å². The van der Waals surface area contributed by atoms with Gasteiger partial charge < -0.3 is 30.3 Å². The Morgan fingerprint density at radius 1 is 1.12 bits per heavy atom. The zero-order valence-corrected chi connectivity index (χ0v) is 15.3. The number of nitrogens with one attached hydrogen (secondary N) is 1. The van der Waals surface area contributed by atoms with Crippen molar-refractivity contribution >= 4 is 11.6 Å². The van der Waals surface area contributed by atoms with E-state index in [2.05, 4.69) is 15.1 Å². The predicted molar refractivity (Wildman–Crippen MR) is 103 cm³/mol. The van der Waals surface area contributed by atoms with E-state index >= 15 is 0 Å². The minimum Gasteiger partial charge on any atom is -0.454 e. The number of hydrogen-bond acceptors (Lipinski definition) is 5. The molecule has 2 fully saturated rings. The highest BCUT2D eigenvalue weighted by Crippen LogP contribution is 2.34. The van der Waals surface area contributed by atoms with Gasteiger partial charge in [-0.1, -0.05) is 0 Å². The van der Waals surface area contributed by atoms with Crippen molar-refractivity contribution in [3.63, 3.8) is 0 Å². The molecule has 4 rings (SSSR count). The van der Waals surface area contributed by atoms with Crippen LogP contribution in [0, 0.1) is 0 Å². The molecule has 142 valence electrons. The summed E-state index contributed by atoms with van der Waals surface area (Å²) in [6.07, 6.45) is 5.11. The molecule has 2 saturated heterocycles. The lowest BCUT2D eigenvalue weighted by molar-refractivity contribution is 0.163. The van der Waals surface area contributed by atoms with E-state index in [0.29, 0.717) is 13.1 Å². The normalized spacial score (nSPS) is 21.4. The van der Waals surface area contributed by atoms with Crippen LogP contribution in [0.3, 0.4) is 0 Å². The van der Waals surface area contributed by atoms with E-state index < -0.39 is 0 Å². The van der Waals surface area contributed by atoms with Crippen molar-refractivity contribution in [3.8, 4) is 11.5 Å². The van der Waals surface area contributed by atoms with E-state index in [0.717, 1.165) is 42.3 Å². The molecule has 0 aromatic heterocycles. The summed E-state index contributed by atoms with van der Waals surface area (Å²) in [5.41, 5.74) is 6.65.